The molecule has 1 N–H and O–H groups in total. The first-order valence-corrected chi connectivity index (χ1v) is 7.33. The summed E-state index contributed by atoms with van der Waals surface area (Å²) in [6.07, 6.45) is 6.54. The van der Waals surface area contributed by atoms with Crippen LogP contribution < -0.4 is 10.2 Å². The number of aromatic nitrogens is 1. The third-order valence-electron chi connectivity index (χ3n) is 3.93. The van der Waals surface area contributed by atoms with Gasteiger partial charge in [-0.15, -0.1) is 0 Å². The summed E-state index contributed by atoms with van der Waals surface area (Å²) in [4.78, 5) is 18.9. The van der Waals surface area contributed by atoms with Crippen LogP contribution in [0.15, 0.2) is 42.7 Å². The Bertz CT molecular complexity index is 654. The van der Waals surface area contributed by atoms with Crippen molar-refractivity contribution in [2.75, 3.05) is 23.8 Å². The van der Waals surface area contributed by atoms with Crippen molar-refractivity contribution in [1.82, 2.24) is 4.98 Å². The van der Waals surface area contributed by atoms with Gasteiger partial charge in [-0.3, -0.25) is 9.78 Å². The molecule has 0 aliphatic carbocycles. The molecular weight excluding hydrogens is 262 g/mol. The van der Waals surface area contributed by atoms with Gasteiger partial charge in [0.05, 0.1) is 17.4 Å². The van der Waals surface area contributed by atoms with Gasteiger partial charge < -0.3 is 10.2 Å². The Labute approximate surface area is 124 Å². The van der Waals surface area contributed by atoms with Gasteiger partial charge in [0.2, 0.25) is 0 Å². The summed E-state index contributed by atoms with van der Waals surface area (Å²) in [7, 11) is 1.81. The minimum absolute atomic E-state index is 0.0381. The number of nitrogens with one attached hydrogen (secondary N) is 1. The van der Waals surface area contributed by atoms with E-state index in [4.69, 9.17) is 0 Å². The Balaban J connectivity index is 2.01. The maximum Gasteiger partial charge on any atom is 0.260 e. The second kappa shape index (κ2) is 5.95. The first kappa shape index (κ1) is 13.6. The maximum absolute atomic E-state index is 13.0. The van der Waals surface area contributed by atoms with Crippen molar-refractivity contribution in [3.05, 3.63) is 53.9 Å². The number of fused-ring (bicyclic) bond motifs is 1. The lowest BCUT2D eigenvalue weighted by atomic mass is 10.1. The van der Waals surface area contributed by atoms with Gasteiger partial charge in [-0.2, -0.15) is 0 Å². The number of nitrogens with zero attached hydrogens (tertiary/aromatic N) is 2. The molecule has 2 aromatic rings. The van der Waals surface area contributed by atoms with Crippen LogP contribution in [-0.2, 0) is 6.42 Å². The summed E-state index contributed by atoms with van der Waals surface area (Å²) in [6.45, 7) is 0.765. The molecule has 0 unspecified atom stereocenters. The SMILES string of the molecule is CNc1cnccc1C(=O)N1CCCCc2ccccc21. The zero-order chi connectivity index (χ0) is 14.7. The van der Waals surface area contributed by atoms with Crippen LogP contribution in [0.3, 0.4) is 0 Å². The molecule has 4 nitrogen and oxygen atoms in total. The van der Waals surface area contributed by atoms with Crippen LogP contribution in [0.4, 0.5) is 11.4 Å². The first-order valence-electron chi connectivity index (χ1n) is 7.33. The molecule has 21 heavy (non-hydrogen) atoms. The van der Waals surface area contributed by atoms with Crippen LogP contribution in [0.25, 0.3) is 0 Å². The van der Waals surface area contributed by atoms with Crippen LogP contribution >= 0.6 is 0 Å². The second-order valence-electron chi connectivity index (χ2n) is 5.21. The van der Waals surface area contributed by atoms with Crippen LogP contribution in [0, 0.1) is 0 Å². The number of aryl methyl sites for hydroxylation is 1. The lowest BCUT2D eigenvalue weighted by molar-refractivity contribution is 0.0987. The van der Waals surface area contributed by atoms with Crippen LogP contribution in [0.1, 0.15) is 28.8 Å². The van der Waals surface area contributed by atoms with Crippen LogP contribution in [0.2, 0.25) is 0 Å². The molecule has 108 valence electrons. The van der Waals surface area contributed by atoms with E-state index in [1.807, 2.05) is 30.1 Å². The van der Waals surface area contributed by atoms with Gasteiger partial charge in [-0.1, -0.05) is 18.2 Å². The Morgan fingerprint density at radius 2 is 2.10 bits per heavy atom. The minimum atomic E-state index is 0.0381. The van der Waals surface area contributed by atoms with E-state index in [9.17, 15) is 4.79 Å². The standard InChI is InChI=1S/C17H19N3O/c1-18-15-12-19-10-9-14(15)17(21)20-11-5-4-7-13-6-2-3-8-16(13)20/h2-3,6,8-10,12,18H,4-5,7,11H2,1H3. The van der Waals surface area contributed by atoms with Crippen molar-refractivity contribution in [3.8, 4) is 0 Å². The lowest BCUT2D eigenvalue weighted by Crippen LogP contribution is -2.32. The molecular formula is C17H19N3O. The van der Waals surface area contributed by atoms with Crippen molar-refractivity contribution in [3.63, 3.8) is 0 Å². The number of hydrogen-bond donors (Lipinski definition) is 1. The van der Waals surface area contributed by atoms with Gasteiger partial charge in [-0.05, 0) is 37.0 Å². The van der Waals surface area contributed by atoms with E-state index in [1.165, 1.54) is 5.56 Å². The number of rotatable bonds is 2. The van der Waals surface area contributed by atoms with E-state index in [0.717, 1.165) is 37.2 Å². The number of hydrogen-bond acceptors (Lipinski definition) is 3. The molecule has 0 saturated carbocycles. The van der Waals surface area contributed by atoms with E-state index in [2.05, 4.69) is 16.4 Å². The van der Waals surface area contributed by atoms with E-state index in [1.54, 1.807) is 18.5 Å². The van der Waals surface area contributed by atoms with E-state index < -0.39 is 0 Å². The molecule has 1 aromatic heterocycles. The largest absolute Gasteiger partial charge is 0.386 e. The van der Waals surface area contributed by atoms with E-state index in [0.29, 0.717) is 5.56 Å². The van der Waals surface area contributed by atoms with Crippen LogP contribution in [0.5, 0.6) is 0 Å². The van der Waals surface area contributed by atoms with Gasteiger partial charge in [0.25, 0.3) is 5.91 Å². The van der Waals surface area contributed by atoms with Crippen molar-refractivity contribution in [2.24, 2.45) is 0 Å². The molecule has 4 heteroatoms. The first-order chi connectivity index (χ1) is 10.3. The Morgan fingerprint density at radius 3 is 2.95 bits per heavy atom. The fraction of sp³-hybridized carbons (Fsp3) is 0.294. The summed E-state index contributed by atoms with van der Waals surface area (Å²) in [5.74, 6) is 0.0381. The molecule has 0 saturated heterocycles. The quantitative estimate of drug-likeness (QED) is 0.920. The van der Waals surface area contributed by atoms with Crippen molar-refractivity contribution in [2.45, 2.75) is 19.3 Å². The zero-order valence-electron chi connectivity index (χ0n) is 12.2. The van der Waals surface area contributed by atoms with Crippen molar-refractivity contribution in [1.29, 1.82) is 0 Å². The van der Waals surface area contributed by atoms with Gasteiger partial charge in [0.1, 0.15) is 0 Å². The van der Waals surface area contributed by atoms with E-state index in [-0.39, 0.29) is 5.91 Å². The monoisotopic (exact) mass is 281 g/mol. The number of carbonyl (C=O) groups is 1. The Hall–Kier alpha value is -2.36. The molecule has 0 spiro atoms. The summed E-state index contributed by atoms with van der Waals surface area (Å²) < 4.78 is 0. The predicted octanol–water partition coefficient (Wildman–Crippen LogP) is 3.11. The molecule has 2 heterocycles. The molecule has 1 aromatic carbocycles. The smallest absolute Gasteiger partial charge is 0.260 e. The third-order valence-corrected chi connectivity index (χ3v) is 3.93. The highest BCUT2D eigenvalue weighted by molar-refractivity contribution is 6.09. The normalized spacial score (nSPS) is 14.2. The summed E-state index contributed by atoms with van der Waals surface area (Å²) in [6, 6.07) is 9.97. The Kier molecular flexibility index (Phi) is 3.86. The average Bonchev–Trinajstić information content (AvgIpc) is 2.76. The fourth-order valence-electron chi connectivity index (χ4n) is 2.83. The Morgan fingerprint density at radius 1 is 1.24 bits per heavy atom. The van der Waals surface area contributed by atoms with E-state index >= 15 is 0 Å². The summed E-state index contributed by atoms with van der Waals surface area (Å²) in [5, 5.41) is 3.05. The average molecular weight is 281 g/mol. The number of para-hydroxylation sites is 1. The maximum atomic E-state index is 13.0. The molecule has 0 radical (unpaired) electrons. The van der Waals surface area contributed by atoms with Gasteiger partial charge >= 0.3 is 0 Å². The van der Waals surface area contributed by atoms with Gasteiger partial charge in [0.15, 0.2) is 0 Å². The molecule has 0 atom stereocenters. The summed E-state index contributed by atoms with van der Waals surface area (Å²) >= 11 is 0. The highest BCUT2D eigenvalue weighted by Gasteiger charge is 2.23. The number of carbonyl (C=O) groups excluding carboxylic acids is 1. The van der Waals surface area contributed by atoms with Gasteiger partial charge in [0, 0.05) is 25.5 Å². The van der Waals surface area contributed by atoms with Gasteiger partial charge in [-0.25, -0.2) is 0 Å². The predicted molar refractivity (Wildman–Crippen MR) is 84.8 cm³/mol. The molecule has 1 aliphatic rings. The van der Waals surface area contributed by atoms with Crippen molar-refractivity contribution < 1.29 is 4.79 Å². The highest BCUT2D eigenvalue weighted by atomic mass is 16.2. The highest BCUT2D eigenvalue weighted by Crippen LogP contribution is 2.28. The molecule has 0 fully saturated rings. The number of pyridine rings is 1. The molecule has 1 aliphatic heterocycles. The summed E-state index contributed by atoms with van der Waals surface area (Å²) in [5.41, 5.74) is 3.73. The number of benzene rings is 1. The lowest BCUT2D eigenvalue weighted by Gasteiger charge is -2.24. The van der Waals surface area contributed by atoms with Crippen LogP contribution in [-0.4, -0.2) is 24.5 Å². The third kappa shape index (κ3) is 2.61. The molecule has 1 amide bonds. The number of amides is 1. The second-order valence-corrected chi connectivity index (χ2v) is 5.21. The van der Waals surface area contributed by atoms with Crippen molar-refractivity contribution >= 4 is 17.3 Å². The molecule has 0 bridgehead atoms. The fourth-order valence-corrected chi connectivity index (χ4v) is 2.83. The topological polar surface area (TPSA) is 45.2 Å². The number of anilines is 2. The zero-order valence-corrected chi connectivity index (χ0v) is 12.2. The molecule has 3 rings (SSSR count). The minimum Gasteiger partial charge on any atom is -0.386 e.